The first-order valence-corrected chi connectivity index (χ1v) is 7.92. The summed E-state index contributed by atoms with van der Waals surface area (Å²) in [5.74, 6) is 0. The van der Waals surface area contributed by atoms with E-state index in [0.717, 1.165) is 0 Å². The van der Waals surface area contributed by atoms with Gasteiger partial charge in [0.1, 0.15) is 0 Å². The van der Waals surface area contributed by atoms with Gasteiger partial charge in [0.25, 0.3) is 0 Å². The van der Waals surface area contributed by atoms with Gasteiger partial charge in [-0.15, -0.1) is 0 Å². The molecular formula is C19H24N2. The van der Waals surface area contributed by atoms with Crippen molar-refractivity contribution >= 4 is 5.69 Å². The fourth-order valence-electron chi connectivity index (χ4n) is 3.41. The molecule has 0 amide bonds. The van der Waals surface area contributed by atoms with E-state index in [-0.39, 0.29) is 5.54 Å². The van der Waals surface area contributed by atoms with Crippen molar-refractivity contribution in [2.45, 2.75) is 37.6 Å². The molecule has 1 aliphatic rings. The van der Waals surface area contributed by atoms with Gasteiger partial charge < -0.3 is 5.01 Å². The molecule has 1 saturated carbocycles. The van der Waals surface area contributed by atoms with Crippen molar-refractivity contribution in [1.82, 2.24) is 5.43 Å². The Kier molecular flexibility index (Phi) is 4.26. The maximum atomic E-state index is 3.80. The lowest BCUT2D eigenvalue weighted by Gasteiger charge is -2.42. The second-order valence-corrected chi connectivity index (χ2v) is 6.02. The summed E-state index contributed by atoms with van der Waals surface area (Å²) in [7, 11) is 2.12. The predicted octanol–water partition coefficient (Wildman–Crippen LogP) is 4.49. The van der Waals surface area contributed by atoms with Crippen LogP contribution in [-0.2, 0) is 5.54 Å². The second-order valence-electron chi connectivity index (χ2n) is 6.02. The normalized spacial score (nSPS) is 17.4. The summed E-state index contributed by atoms with van der Waals surface area (Å²) in [4.78, 5) is 0. The van der Waals surface area contributed by atoms with Gasteiger partial charge in [0, 0.05) is 7.05 Å². The molecule has 2 aromatic rings. The Morgan fingerprint density at radius 1 is 0.810 bits per heavy atom. The van der Waals surface area contributed by atoms with E-state index < -0.39 is 0 Å². The van der Waals surface area contributed by atoms with Crippen molar-refractivity contribution in [1.29, 1.82) is 0 Å². The van der Waals surface area contributed by atoms with Gasteiger partial charge in [0.05, 0.1) is 11.2 Å². The molecule has 2 aromatic carbocycles. The number of hydrogen-bond acceptors (Lipinski definition) is 2. The fourth-order valence-corrected chi connectivity index (χ4v) is 3.41. The highest BCUT2D eigenvalue weighted by Crippen LogP contribution is 2.37. The molecular weight excluding hydrogens is 256 g/mol. The average Bonchev–Trinajstić information content (AvgIpc) is 2.57. The fraction of sp³-hybridized carbons (Fsp3) is 0.368. The third-order valence-corrected chi connectivity index (χ3v) is 4.56. The molecule has 2 nitrogen and oxygen atoms in total. The van der Waals surface area contributed by atoms with Crippen LogP contribution in [0.2, 0.25) is 0 Å². The smallest absolute Gasteiger partial charge is 0.0621 e. The Hall–Kier alpha value is -1.80. The van der Waals surface area contributed by atoms with Crippen LogP contribution in [0.3, 0.4) is 0 Å². The quantitative estimate of drug-likeness (QED) is 0.830. The minimum Gasteiger partial charge on any atom is -0.311 e. The zero-order chi connectivity index (χ0) is 14.5. The lowest BCUT2D eigenvalue weighted by atomic mass is 9.77. The molecule has 0 radical (unpaired) electrons. The maximum Gasteiger partial charge on any atom is 0.0621 e. The monoisotopic (exact) mass is 280 g/mol. The third-order valence-electron chi connectivity index (χ3n) is 4.56. The molecule has 0 bridgehead atoms. The van der Waals surface area contributed by atoms with Crippen LogP contribution in [0.5, 0.6) is 0 Å². The first-order chi connectivity index (χ1) is 10.3. The first-order valence-electron chi connectivity index (χ1n) is 7.92. The van der Waals surface area contributed by atoms with Gasteiger partial charge in [-0.3, -0.25) is 0 Å². The van der Waals surface area contributed by atoms with Crippen LogP contribution < -0.4 is 10.4 Å². The molecule has 0 aliphatic heterocycles. The van der Waals surface area contributed by atoms with Crippen LogP contribution in [0.15, 0.2) is 60.7 Å². The van der Waals surface area contributed by atoms with E-state index in [4.69, 9.17) is 0 Å². The molecule has 0 heterocycles. The van der Waals surface area contributed by atoms with Crippen LogP contribution >= 0.6 is 0 Å². The largest absolute Gasteiger partial charge is 0.311 e. The Morgan fingerprint density at radius 3 is 2.00 bits per heavy atom. The van der Waals surface area contributed by atoms with Gasteiger partial charge in [-0.25, -0.2) is 5.43 Å². The van der Waals surface area contributed by atoms with Gasteiger partial charge in [-0.05, 0) is 30.5 Å². The zero-order valence-electron chi connectivity index (χ0n) is 12.8. The molecule has 2 heteroatoms. The molecule has 0 atom stereocenters. The van der Waals surface area contributed by atoms with Crippen molar-refractivity contribution in [3.8, 4) is 0 Å². The van der Waals surface area contributed by atoms with Crippen LogP contribution in [0.4, 0.5) is 5.69 Å². The van der Waals surface area contributed by atoms with E-state index in [1.165, 1.54) is 43.4 Å². The number of nitrogens with zero attached hydrogens (tertiary/aromatic N) is 1. The van der Waals surface area contributed by atoms with Crippen molar-refractivity contribution in [2.75, 3.05) is 12.1 Å². The van der Waals surface area contributed by atoms with E-state index in [0.29, 0.717) is 0 Å². The molecule has 0 unspecified atom stereocenters. The zero-order valence-corrected chi connectivity index (χ0v) is 12.8. The van der Waals surface area contributed by atoms with E-state index in [1.54, 1.807) is 0 Å². The van der Waals surface area contributed by atoms with Crippen molar-refractivity contribution < 1.29 is 0 Å². The van der Waals surface area contributed by atoms with E-state index in [9.17, 15) is 0 Å². The number of hydrogen-bond donors (Lipinski definition) is 1. The Morgan fingerprint density at radius 2 is 1.38 bits per heavy atom. The predicted molar refractivity (Wildman–Crippen MR) is 89.2 cm³/mol. The van der Waals surface area contributed by atoms with Crippen LogP contribution in [-0.4, -0.2) is 7.05 Å². The third kappa shape index (κ3) is 3.11. The van der Waals surface area contributed by atoms with Crippen LogP contribution in [0.1, 0.15) is 37.7 Å². The summed E-state index contributed by atoms with van der Waals surface area (Å²) < 4.78 is 0. The highest BCUT2D eigenvalue weighted by atomic mass is 15.5. The molecule has 0 saturated heterocycles. The van der Waals surface area contributed by atoms with E-state index in [1.807, 2.05) is 0 Å². The summed E-state index contributed by atoms with van der Waals surface area (Å²) in [5.41, 5.74) is 6.49. The SMILES string of the molecule is CN(NC1(c2ccccc2)CCCCC1)c1ccccc1. The number of benzene rings is 2. The van der Waals surface area contributed by atoms with Gasteiger partial charge in [-0.1, -0.05) is 67.8 Å². The number of hydrazine groups is 1. The van der Waals surface area contributed by atoms with Crippen molar-refractivity contribution in [3.63, 3.8) is 0 Å². The van der Waals surface area contributed by atoms with Crippen LogP contribution in [0, 0.1) is 0 Å². The summed E-state index contributed by atoms with van der Waals surface area (Å²) in [6.07, 6.45) is 6.35. The molecule has 21 heavy (non-hydrogen) atoms. The van der Waals surface area contributed by atoms with Gasteiger partial charge in [-0.2, -0.15) is 0 Å². The Bertz CT molecular complexity index is 544. The highest BCUT2D eigenvalue weighted by molar-refractivity contribution is 5.44. The second kappa shape index (κ2) is 6.31. The Balaban J connectivity index is 1.86. The number of rotatable bonds is 4. The van der Waals surface area contributed by atoms with E-state index in [2.05, 4.69) is 78.1 Å². The molecule has 110 valence electrons. The standard InChI is InChI=1S/C19H24N2/c1-21(18-13-7-3-8-14-18)20-19(15-9-4-10-16-19)17-11-5-2-6-12-17/h2-3,5-8,11-14,20H,4,9-10,15-16H2,1H3. The average molecular weight is 280 g/mol. The summed E-state index contributed by atoms with van der Waals surface area (Å²) in [6, 6.07) is 21.4. The summed E-state index contributed by atoms with van der Waals surface area (Å²) in [5, 5.41) is 2.18. The number of anilines is 1. The molecule has 3 rings (SSSR count). The summed E-state index contributed by atoms with van der Waals surface area (Å²) in [6.45, 7) is 0. The molecule has 1 fully saturated rings. The minimum atomic E-state index is 0.0735. The molecule has 0 spiro atoms. The van der Waals surface area contributed by atoms with Gasteiger partial charge >= 0.3 is 0 Å². The lowest BCUT2D eigenvalue weighted by Crippen LogP contribution is -2.52. The maximum absolute atomic E-state index is 3.80. The van der Waals surface area contributed by atoms with E-state index >= 15 is 0 Å². The van der Waals surface area contributed by atoms with Gasteiger partial charge in [0.15, 0.2) is 0 Å². The molecule has 1 aliphatic carbocycles. The molecule has 0 aromatic heterocycles. The van der Waals surface area contributed by atoms with Crippen LogP contribution in [0.25, 0.3) is 0 Å². The first kappa shape index (κ1) is 14.2. The highest BCUT2D eigenvalue weighted by Gasteiger charge is 2.34. The Labute approximate surface area is 127 Å². The van der Waals surface area contributed by atoms with Gasteiger partial charge in [0.2, 0.25) is 0 Å². The minimum absolute atomic E-state index is 0.0735. The number of nitrogens with one attached hydrogen (secondary N) is 1. The summed E-state index contributed by atoms with van der Waals surface area (Å²) >= 11 is 0. The molecule has 1 N–H and O–H groups in total. The topological polar surface area (TPSA) is 15.3 Å². The van der Waals surface area contributed by atoms with Crippen molar-refractivity contribution in [3.05, 3.63) is 66.2 Å². The van der Waals surface area contributed by atoms with Crippen molar-refractivity contribution in [2.24, 2.45) is 0 Å². The number of para-hydroxylation sites is 1. The lowest BCUT2D eigenvalue weighted by molar-refractivity contribution is 0.231.